The Hall–Kier alpha value is -3.09. The number of hydrogen-bond donors (Lipinski definition) is 2. The SMILES string of the molecule is Cc1ccc(OCC(=O)NCC2CCN(C(=O)Nc3ccc(F)cc3)CC2)cc1. The number of halogens is 1. The smallest absolute Gasteiger partial charge is 0.321 e. The standard InChI is InChI=1S/C22H26FN3O3/c1-16-2-8-20(9-3-16)29-15-21(27)24-14-17-10-12-26(13-11-17)22(28)25-19-6-4-18(23)5-7-19/h2-9,17H,10-15H2,1H3,(H,24,27)(H,25,28). The molecule has 1 fully saturated rings. The maximum atomic E-state index is 12.9. The molecule has 0 saturated carbocycles. The average molecular weight is 399 g/mol. The summed E-state index contributed by atoms with van der Waals surface area (Å²) in [5.41, 5.74) is 1.71. The number of amides is 3. The molecule has 29 heavy (non-hydrogen) atoms. The quantitative estimate of drug-likeness (QED) is 0.780. The number of ether oxygens (including phenoxy) is 1. The van der Waals surface area contributed by atoms with Gasteiger partial charge in [0.1, 0.15) is 11.6 Å². The summed E-state index contributed by atoms with van der Waals surface area (Å²) >= 11 is 0. The zero-order valence-electron chi connectivity index (χ0n) is 16.5. The predicted octanol–water partition coefficient (Wildman–Crippen LogP) is 3.57. The van der Waals surface area contributed by atoms with Crippen LogP contribution in [0.4, 0.5) is 14.9 Å². The minimum absolute atomic E-state index is 0.0119. The number of anilines is 1. The Kier molecular flexibility index (Phi) is 7.05. The van der Waals surface area contributed by atoms with E-state index in [-0.39, 0.29) is 24.4 Å². The van der Waals surface area contributed by atoms with Gasteiger partial charge in [-0.25, -0.2) is 9.18 Å². The van der Waals surface area contributed by atoms with E-state index in [4.69, 9.17) is 4.74 Å². The highest BCUT2D eigenvalue weighted by atomic mass is 19.1. The Balaban J connectivity index is 1.33. The Morgan fingerprint density at radius 1 is 1.07 bits per heavy atom. The lowest BCUT2D eigenvalue weighted by molar-refractivity contribution is -0.123. The molecular formula is C22H26FN3O3. The van der Waals surface area contributed by atoms with E-state index < -0.39 is 0 Å². The van der Waals surface area contributed by atoms with Crippen LogP contribution in [0.15, 0.2) is 48.5 Å². The molecule has 1 heterocycles. The van der Waals surface area contributed by atoms with Gasteiger partial charge in [-0.3, -0.25) is 4.79 Å². The third kappa shape index (κ3) is 6.48. The molecule has 0 unspecified atom stereocenters. The Labute approximate surface area is 170 Å². The molecule has 0 spiro atoms. The second kappa shape index (κ2) is 9.91. The van der Waals surface area contributed by atoms with Gasteiger partial charge in [0, 0.05) is 25.3 Å². The predicted molar refractivity (Wildman–Crippen MR) is 109 cm³/mol. The molecule has 154 valence electrons. The summed E-state index contributed by atoms with van der Waals surface area (Å²) in [5.74, 6) is 0.511. The average Bonchev–Trinajstić information content (AvgIpc) is 2.74. The molecule has 1 aliphatic heterocycles. The summed E-state index contributed by atoms with van der Waals surface area (Å²) < 4.78 is 18.4. The van der Waals surface area contributed by atoms with Crippen molar-refractivity contribution in [3.05, 3.63) is 59.9 Å². The van der Waals surface area contributed by atoms with E-state index in [0.717, 1.165) is 18.4 Å². The van der Waals surface area contributed by atoms with Gasteiger partial charge in [-0.1, -0.05) is 17.7 Å². The van der Waals surface area contributed by atoms with E-state index in [1.165, 1.54) is 24.3 Å². The summed E-state index contributed by atoms with van der Waals surface area (Å²) in [7, 11) is 0. The lowest BCUT2D eigenvalue weighted by atomic mass is 9.97. The highest BCUT2D eigenvalue weighted by Gasteiger charge is 2.23. The largest absolute Gasteiger partial charge is 0.484 e. The first kappa shape index (κ1) is 20.6. The molecule has 7 heteroatoms. The van der Waals surface area contributed by atoms with Crippen molar-refractivity contribution in [1.82, 2.24) is 10.2 Å². The van der Waals surface area contributed by atoms with E-state index in [0.29, 0.717) is 37.0 Å². The Morgan fingerprint density at radius 2 is 1.72 bits per heavy atom. The van der Waals surface area contributed by atoms with Crippen molar-refractivity contribution in [3.63, 3.8) is 0 Å². The molecule has 0 aromatic heterocycles. The molecule has 2 N–H and O–H groups in total. The van der Waals surface area contributed by atoms with Gasteiger partial charge in [0.15, 0.2) is 6.61 Å². The van der Waals surface area contributed by atoms with Gasteiger partial charge in [-0.05, 0) is 62.1 Å². The molecule has 6 nitrogen and oxygen atoms in total. The number of nitrogens with one attached hydrogen (secondary N) is 2. The van der Waals surface area contributed by atoms with Crippen molar-refractivity contribution in [2.75, 3.05) is 31.6 Å². The third-order valence-electron chi connectivity index (χ3n) is 4.98. The van der Waals surface area contributed by atoms with E-state index in [2.05, 4.69) is 10.6 Å². The van der Waals surface area contributed by atoms with Crippen LogP contribution in [0.25, 0.3) is 0 Å². The van der Waals surface area contributed by atoms with Gasteiger partial charge in [0.2, 0.25) is 0 Å². The topological polar surface area (TPSA) is 70.7 Å². The highest BCUT2D eigenvalue weighted by Crippen LogP contribution is 2.18. The van der Waals surface area contributed by atoms with Gasteiger partial charge in [0.25, 0.3) is 5.91 Å². The van der Waals surface area contributed by atoms with Crippen molar-refractivity contribution < 1.29 is 18.7 Å². The second-order valence-electron chi connectivity index (χ2n) is 7.27. The van der Waals surface area contributed by atoms with Crippen LogP contribution in [0.1, 0.15) is 18.4 Å². The molecular weight excluding hydrogens is 373 g/mol. The summed E-state index contributed by atoms with van der Waals surface area (Å²) in [4.78, 5) is 26.0. The van der Waals surface area contributed by atoms with Crippen molar-refractivity contribution in [2.24, 2.45) is 5.92 Å². The normalized spacial score (nSPS) is 14.3. The number of hydrogen-bond acceptors (Lipinski definition) is 3. The number of likely N-dealkylation sites (tertiary alicyclic amines) is 1. The van der Waals surface area contributed by atoms with Gasteiger partial charge in [-0.15, -0.1) is 0 Å². The molecule has 2 aromatic carbocycles. The van der Waals surface area contributed by atoms with Crippen LogP contribution in [0, 0.1) is 18.7 Å². The van der Waals surface area contributed by atoms with E-state index in [1.807, 2.05) is 31.2 Å². The summed E-state index contributed by atoms with van der Waals surface area (Å²) in [5, 5.41) is 5.68. The van der Waals surface area contributed by atoms with Crippen molar-refractivity contribution in [3.8, 4) is 5.75 Å². The molecule has 1 aliphatic rings. The van der Waals surface area contributed by atoms with Crippen LogP contribution >= 0.6 is 0 Å². The number of benzene rings is 2. The molecule has 0 atom stereocenters. The molecule has 1 saturated heterocycles. The first-order valence-electron chi connectivity index (χ1n) is 9.77. The zero-order chi connectivity index (χ0) is 20.6. The first-order chi connectivity index (χ1) is 14.0. The van der Waals surface area contributed by atoms with Crippen LogP contribution in [0.5, 0.6) is 5.75 Å². The van der Waals surface area contributed by atoms with E-state index in [1.54, 1.807) is 4.90 Å². The fourth-order valence-electron chi connectivity index (χ4n) is 3.17. The zero-order valence-corrected chi connectivity index (χ0v) is 16.5. The number of piperidine rings is 1. The fraction of sp³-hybridized carbons (Fsp3) is 0.364. The van der Waals surface area contributed by atoms with Crippen molar-refractivity contribution in [2.45, 2.75) is 19.8 Å². The van der Waals surface area contributed by atoms with Crippen LogP contribution in [-0.2, 0) is 4.79 Å². The summed E-state index contributed by atoms with van der Waals surface area (Å²) in [6.07, 6.45) is 1.63. The van der Waals surface area contributed by atoms with Crippen molar-refractivity contribution in [1.29, 1.82) is 0 Å². The fourth-order valence-corrected chi connectivity index (χ4v) is 3.17. The first-order valence-corrected chi connectivity index (χ1v) is 9.77. The monoisotopic (exact) mass is 399 g/mol. The molecule has 0 bridgehead atoms. The number of urea groups is 1. The van der Waals surface area contributed by atoms with Crippen LogP contribution in [0.2, 0.25) is 0 Å². The van der Waals surface area contributed by atoms with Crippen LogP contribution in [-0.4, -0.2) is 43.1 Å². The third-order valence-corrected chi connectivity index (χ3v) is 4.98. The van der Waals surface area contributed by atoms with Crippen molar-refractivity contribution >= 4 is 17.6 Å². The van der Waals surface area contributed by atoms with Crippen LogP contribution < -0.4 is 15.4 Å². The minimum Gasteiger partial charge on any atom is -0.484 e. The number of carbonyl (C=O) groups is 2. The van der Waals surface area contributed by atoms with E-state index >= 15 is 0 Å². The van der Waals surface area contributed by atoms with E-state index in [9.17, 15) is 14.0 Å². The Bertz CT molecular complexity index is 816. The van der Waals surface area contributed by atoms with Gasteiger partial charge >= 0.3 is 6.03 Å². The molecule has 3 rings (SSSR count). The Morgan fingerprint density at radius 3 is 2.38 bits per heavy atom. The molecule has 0 aliphatic carbocycles. The highest BCUT2D eigenvalue weighted by molar-refractivity contribution is 5.89. The lowest BCUT2D eigenvalue weighted by Gasteiger charge is -2.32. The number of carbonyl (C=O) groups excluding carboxylic acids is 2. The maximum absolute atomic E-state index is 12.9. The maximum Gasteiger partial charge on any atom is 0.321 e. The van der Waals surface area contributed by atoms with Gasteiger partial charge in [0.05, 0.1) is 0 Å². The van der Waals surface area contributed by atoms with Crippen LogP contribution in [0.3, 0.4) is 0 Å². The van der Waals surface area contributed by atoms with Gasteiger partial charge < -0.3 is 20.3 Å². The summed E-state index contributed by atoms with van der Waals surface area (Å²) in [6, 6.07) is 13.1. The number of nitrogens with zero attached hydrogens (tertiary/aromatic N) is 1. The lowest BCUT2D eigenvalue weighted by Crippen LogP contribution is -2.43. The van der Waals surface area contributed by atoms with Gasteiger partial charge in [-0.2, -0.15) is 0 Å². The molecule has 3 amide bonds. The minimum atomic E-state index is -0.338. The number of aryl methyl sites for hydroxylation is 1. The molecule has 0 radical (unpaired) electrons. The number of rotatable bonds is 6. The molecule has 2 aromatic rings. The second-order valence-corrected chi connectivity index (χ2v) is 7.27. The summed E-state index contributed by atoms with van der Waals surface area (Å²) in [6.45, 7) is 3.79.